The van der Waals surface area contributed by atoms with Crippen molar-refractivity contribution < 1.29 is 27.1 Å². The van der Waals surface area contributed by atoms with Crippen molar-refractivity contribution in [3.05, 3.63) is 46.3 Å². The Morgan fingerprint density at radius 3 is 2.56 bits per heavy atom. The van der Waals surface area contributed by atoms with Crippen molar-refractivity contribution in [2.75, 3.05) is 19.8 Å². The highest BCUT2D eigenvalue weighted by molar-refractivity contribution is 5.96. The van der Waals surface area contributed by atoms with Gasteiger partial charge in [0, 0.05) is 24.6 Å². The molecule has 1 aliphatic heterocycles. The zero-order valence-electron chi connectivity index (χ0n) is 13.2. The minimum atomic E-state index is -4.56. The molecule has 1 aromatic carbocycles. The average molecular weight is 355 g/mol. The summed E-state index contributed by atoms with van der Waals surface area (Å²) in [5, 5.41) is 0.476. The molecule has 1 amide bonds. The number of rotatable bonds is 3. The Morgan fingerprint density at radius 2 is 1.88 bits per heavy atom. The van der Waals surface area contributed by atoms with E-state index < -0.39 is 35.9 Å². The second kappa shape index (κ2) is 6.87. The van der Waals surface area contributed by atoms with Gasteiger partial charge in [-0.1, -0.05) is 18.2 Å². The number of ether oxygens (including phenoxy) is 1. The van der Waals surface area contributed by atoms with Gasteiger partial charge in [0.25, 0.3) is 5.91 Å². The Labute approximate surface area is 141 Å². The summed E-state index contributed by atoms with van der Waals surface area (Å²) in [6.45, 7) is -0.861. The van der Waals surface area contributed by atoms with Crippen LogP contribution in [0.4, 0.5) is 13.2 Å². The van der Waals surface area contributed by atoms with Gasteiger partial charge >= 0.3 is 11.8 Å². The van der Waals surface area contributed by atoms with E-state index in [1.54, 1.807) is 24.3 Å². The van der Waals surface area contributed by atoms with Crippen LogP contribution in [0.1, 0.15) is 23.2 Å². The number of carbonyl (C=O) groups excluding carboxylic acids is 1. The van der Waals surface area contributed by atoms with Gasteiger partial charge in [-0.25, -0.2) is 4.79 Å². The van der Waals surface area contributed by atoms with Crippen molar-refractivity contribution in [1.82, 2.24) is 4.90 Å². The lowest BCUT2D eigenvalue weighted by Gasteiger charge is -2.34. The molecule has 0 unspecified atom stereocenters. The Balaban J connectivity index is 1.98. The van der Waals surface area contributed by atoms with Crippen molar-refractivity contribution in [3.8, 4) is 0 Å². The SMILES string of the molecule is O=C(c1cc2ccccc2oc1=O)N(CC(F)(F)F)C1CCOCC1. The van der Waals surface area contributed by atoms with E-state index in [-0.39, 0.29) is 18.8 Å². The van der Waals surface area contributed by atoms with Gasteiger partial charge in [0.2, 0.25) is 0 Å². The molecular weight excluding hydrogens is 339 g/mol. The summed E-state index contributed by atoms with van der Waals surface area (Å²) in [5.74, 6) is -0.969. The smallest absolute Gasteiger partial charge is 0.406 e. The van der Waals surface area contributed by atoms with Gasteiger partial charge in [-0.2, -0.15) is 13.2 Å². The van der Waals surface area contributed by atoms with Crippen molar-refractivity contribution >= 4 is 16.9 Å². The molecule has 1 saturated heterocycles. The lowest BCUT2D eigenvalue weighted by Crippen LogP contribution is -2.48. The summed E-state index contributed by atoms with van der Waals surface area (Å²) < 4.78 is 49.1. The molecule has 25 heavy (non-hydrogen) atoms. The minimum Gasteiger partial charge on any atom is -0.422 e. The van der Waals surface area contributed by atoms with Crippen LogP contribution >= 0.6 is 0 Å². The first kappa shape index (κ1) is 17.5. The number of alkyl halides is 3. The lowest BCUT2D eigenvalue weighted by atomic mass is 10.1. The summed E-state index contributed by atoms with van der Waals surface area (Å²) >= 11 is 0. The van der Waals surface area contributed by atoms with E-state index in [2.05, 4.69) is 0 Å². The van der Waals surface area contributed by atoms with E-state index in [0.717, 1.165) is 0 Å². The monoisotopic (exact) mass is 355 g/mol. The molecule has 5 nitrogen and oxygen atoms in total. The third kappa shape index (κ3) is 4.01. The third-order valence-corrected chi connectivity index (χ3v) is 4.11. The number of nitrogens with zero attached hydrogens (tertiary/aromatic N) is 1. The fourth-order valence-electron chi connectivity index (χ4n) is 2.92. The average Bonchev–Trinajstić information content (AvgIpc) is 2.58. The highest BCUT2D eigenvalue weighted by atomic mass is 19.4. The van der Waals surface area contributed by atoms with E-state index >= 15 is 0 Å². The van der Waals surface area contributed by atoms with Crippen molar-refractivity contribution in [2.24, 2.45) is 0 Å². The molecule has 0 bridgehead atoms. The highest BCUT2D eigenvalue weighted by Gasteiger charge is 2.38. The van der Waals surface area contributed by atoms with Gasteiger partial charge in [-0.15, -0.1) is 0 Å². The van der Waals surface area contributed by atoms with E-state index in [9.17, 15) is 22.8 Å². The normalized spacial score (nSPS) is 16.1. The van der Waals surface area contributed by atoms with Crippen LogP contribution in [0, 0.1) is 0 Å². The molecule has 0 saturated carbocycles. The Kier molecular flexibility index (Phi) is 4.80. The van der Waals surface area contributed by atoms with E-state index in [1.165, 1.54) is 6.07 Å². The number of hydrogen-bond donors (Lipinski definition) is 0. The summed E-state index contributed by atoms with van der Waals surface area (Å²) in [6.07, 6.45) is -3.98. The molecule has 1 aromatic heterocycles. The molecule has 1 fully saturated rings. The first-order valence-corrected chi connectivity index (χ1v) is 7.83. The van der Waals surface area contributed by atoms with E-state index in [4.69, 9.17) is 9.15 Å². The number of halogens is 3. The molecule has 3 rings (SSSR count). The minimum absolute atomic E-state index is 0.275. The van der Waals surface area contributed by atoms with Crippen LogP contribution in [-0.4, -0.2) is 42.8 Å². The van der Waals surface area contributed by atoms with Gasteiger partial charge in [0.15, 0.2) is 0 Å². The van der Waals surface area contributed by atoms with Crippen LogP contribution in [0.3, 0.4) is 0 Å². The number of benzene rings is 1. The maximum Gasteiger partial charge on any atom is 0.406 e. The predicted octanol–water partition coefficient (Wildman–Crippen LogP) is 2.98. The molecule has 8 heteroatoms. The summed E-state index contributed by atoms with van der Waals surface area (Å²) in [7, 11) is 0. The molecule has 0 aliphatic carbocycles. The van der Waals surface area contributed by atoms with Gasteiger partial charge in [-0.3, -0.25) is 4.79 Å². The molecule has 2 heterocycles. The first-order valence-electron chi connectivity index (χ1n) is 7.83. The zero-order chi connectivity index (χ0) is 18.0. The summed E-state index contributed by atoms with van der Waals surface area (Å²) in [4.78, 5) is 25.5. The number of para-hydroxylation sites is 1. The van der Waals surface area contributed by atoms with Crippen molar-refractivity contribution in [3.63, 3.8) is 0 Å². The van der Waals surface area contributed by atoms with Gasteiger partial charge < -0.3 is 14.1 Å². The second-order valence-electron chi connectivity index (χ2n) is 5.88. The van der Waals surface area contributed by atoms with Gasteiger partial charge in [0.1, 0.15) is 17.7 Å². The third-order valence-electron chi connectivity index (χ3n) is 4.11. The standard InChI is InChI=1S/C17H16F3NO4/c18-17(19,20)10-21(12-5-7-24-8-6-12)15(22)13-9-11-3-1-2-4-14(11)25-16(13)23/h1-4,9,12H,5-8,10H2. The highest BCUT2D eigenvalue weighted by Crippen LogP contribution is 2.24. The fourth-order valence-corrected chi connectivity index (χ4v) is 2.92. The maximum absolute atomic E-state index is 13.0. The molecule has 134 valence electrons. The topological polar surface area (TPSA) is 59.8 Å². The molecule has 0 atom stereocenters. The zero-order valence-corrected chi connectivity index (χ0v) is 13.2. The predicted molar refractivity (Wildman–Crippen MR) is 83.4 cm³/mol. The van der Waals surface area contributed by atoms with Gasteiger partial charge in [0.05, 0.1) is 0 Å². The number of carbonyl (C=O) groups is 1. The number of fused-ring (bicyclic) bond motifs is 1. The number of hydrogen-bond acceptors (Lipinski definition) is 4. The van der Waals surface area contributed by atoms with Crippen LogP contribution in [0.25, 0.3) is 11.0 Å². The lowest BCUT2D eigenvalue weighted by molar-refractivity contribution is -0.147. The van der Waals surface area contributed by atoms with Gasteiger partial charge in [-0.05, 0) is 25.0 Å². The summed E-state index contributed by atoms with van der Waals surface area (Å²) in [6, 6.07) is 7.17. The quantitative estimate of drug-likeness (QED) is 0.795. The largest absolute Gasteiger partial charge is 0.422 e. The van der Waals surface area contributed by atoms with Crippen LogP contribution in [0.15, 0.2) is 39.5 Å². The Bertz CT molecular complexity index is 824. The van der Waals surface area contributed by atoms with Crippen molar-refractivity contribution in [2.45, 2.75) is 25.1 Å². The molecule has 1 aliphatic rings. The van der Waals surface area contributed by atoms with E-state index in [0.29, 0.717) is 23.1 Å². The van der Waals surface area contributed by atoms with E-state index in [1.807, 2.05) is 0 Å². The first-order chi connectivity index (χ1) is 11.8. The van der Waals surface area contributed by atoms with Crippen LogP contribution < -0.4 is 5.63 Å². The fraction of sp³-hybridized carbons (Fsp3) is 0.412. The van der Waals surface area contributed by atoms with Crippen LogP contribution in [0.2, 0.25) is 0 Å². The molecule has 0 radical (unpaired) electrons. The van der Waals surface area contributed by atoms with Crippen LogP contribution in [0.5, 0.6) is 0 Å². The molecule has 0 N–H and O–H groups in total. The molecule has 0 spiro atoms. The Morgan fingerprint density at radius 1 is 1.20 bits per heavy atom. The van der Waals surface area contributed by atoms with Crippen molar-refractivity contribution in [1.29, 1.82) is 0 Å². The molecular formula is C17H16F3NO4. The molecule has 2 aromatic rings. The van der Waals surface area contributed by atoms with Crippen LogP contribution in [-0.2, 0) is 4.74 Å². The maximum atomic E-state index is 13.0. The second-order valence-corrected chi connectivity index (χ2v) is 5.88. The Hall–Kier alpha value is -2.35. The summed E-state index contributed by atoms with van der Waals surface area (Å²) in [5.41, 5.74) is -1.06. The number of amides is 1.